The van der Waals surface area contributed by atoms with Crippen molar-refractivity contribution in [3.05, 3.63) is 55.4 Å². The number of halogens is 4. The van der Waals surface area contributed by atoms with Crippen LogP contribution in [0.4, 0.5) is 0 Å². The van der Waals surface area contributed by atoms with E-state index in [9.17, 15) is 9.90 Å². The maximum Gasteiger partial charge on any atom is 0.197 e. The summed E-state index contributed by atoms with van der Waals surface area (Å²) in [5.41, 5.74) is 2.01. The molecular weight excluding hydrogens is 784 g/mol. The second-order valence-corrected chi connectivity index (χ2v) is 10.6. The fraction of sp³-hybridized carbons (Fsp3) is 0.211. The minimum atomic E-state index is -0.0523. The smallest absolute Gasteiger partial charge is 0.197 e. The summed E-state index contributed by atoms with van der Waals surface area (Å²) in [6.07, 6.45) is 2.75. The summed E-state index contributed by atoms with van der Waals surface area (Å²) in [5.74, 6) is 0.920. The van der Waals surface area contributed by atoms with E-state index in [1.54, 1.807) is 12.1 Å². The molecule has 3 nitrogen and oxygen atoms in total. The highest BCUT2D eigenvalue weighted by atomic mass is 127. The van der Waals surface area contributed by atoms with Gasteiger partial charge in [-0.05, 0) is 121 Å². The zero-order chi connectivity index (χ0) is 19.0. The van der Waals surface area contributed by atoms with Gasteiger partial charge in [0.25, 0.3) is 0 Å². The van der Waals surface area contributed by atoms with E-state index in [1.165, 1.54) is 0 Å². The van der Waals surface area contributed by atoms with E-state index in [1.807, 2.05) is 6.07 Å². The van der Waals surface area contributed by atoms with Crippen LogP contribution in [0.3, 0.4) is 0 Å². The molecule has 136 valence electrons. The maximum atomic E-state index is 13.4. The Hall–Kier alpha value is 0.370. The lowest BCUT2D eigenvalue weighted by Crippen LogP contribution is -2.05. The monoisotopic (exact) mass is 798 g/mol. The molecule has 0 spiro atoms. The fourth-order valence-electron chi connectivity index (χ4n) is 2.78. The number of phenols is 1. The first-order valence-electron chi connectivity index (χ1n) is 7.96. The van der Waals surface area contributed by atoms with Crippen LogP contribution in [0.1, 0.15) is 41.4 Å². The van der Waals surface area contributed by atoms with Crippen molar-refractivity contribution < 1.29 is 14.3 Å². The predicted octanol–water partition coefficient (Wildman–Crippen LogP) is 7.13. The second-order valence-electron chi connectivity index (χ2n) is 5.89. The maximum absolute atomic E-state index is 13.4. The van der Waals surface area contributed by atoms with Gasteiger partial charge < -0.3 is 9.52 Å². The number of aryl methyl sites for hydroxylation is 1. The van der Waals surface area contributed by atoms with Crippen LogP contribution < -0.4 is 0 Å². The second kappa shape index (κ2) is 8.80. The third-order valence-electron chi connectivity index (χ3n) is 4.05. The van der Waals surface area contributed by atoms with Crippen LogP contribution in [-0.2, 0) is 6.42 Å². The highest BCUT2D eigenvalue weighted by Crippen LogP contribution is 2.35. The average Bonchev–Trinajstić information content (AvgIpc) is 2.95. The number of rotatable bonds is 5. The Balaban J connectivity index is 2.23. The number of carbonyl (C=O) groups is 1. The highest BCUT2D eigenvalue weighted by molar-refractivity contribution is 14.1. The molecule has 1 aromatic heterocycles. The average molecular weight is 798 g/mol. The molecule has 0 aliphatic rings. The summed E-state index contributed by atoms with van der Waals surface area (Å²) in [7, 11) is 0. The van der Waals surface area contributed by atoms with Crippen LogP contribution in [0.2, 0.25) is 0 Å². The van der Waals surface area contributed by atoms with Gasteiger partial charge in [0.15, 0.2) is 5.78 Å². The lowest BCUT2D eigenvalue weighted by molar-refractivity contribution is 0.103. The number of benzene rings is 2. The molecule has 0 radical (unpaired) electrons. The standard InChI is InChI=1S/C19H14I4O3/c1-2-3-4-15-16(11-7-10(20)8-14(23)19(11)26-15)17(24)9-5-12(21)18(25)13(22)6-9/h5-8,25H,2-4H2,1H3. The molecule has 2 aromatic carbocycles. The number of fused-ring (bicyclic) bond motifs is 1. The van der Waals surface area contributed by atoms with Gasteiger partial charge >= 0.3 is 0 Å². The van der Waals surface area contributed by atoms with Gasteiger partial charge in [0, 0.05) is 20.9 Å². The summed E-state index contributed by atoms with van der Waals surface area (Å²) < 4.78 is 9.56. The molecule has 1 N–H and O–H groups in total. The highest BCUT2D eigenvalue weighted by Gasteiger charge is 2.24. The van der Waals surface area contributed by atoms with E-state index in [2.05, 4.69) is 103 Å². The topological polar surface area (TPSA) is 50.4 Å². The Morgan fingerprint density at radius 2 is 1.69 bits per heavy atom. The van der Waals surface area contributed by atoms with Gasteiger partial charge in [-0.1, -0.05) is 13.3 Å². The summed E-state index contributed by atoms with van der Waals surface area (Å²) >= 11 is 8.64. The van der Waals surface area contributed by atoms with Crippen molar-refractivity contribution >= 4 is 107 Å². The molecule has 0 atom stereocenters. The van der Waals surface area contributed by atoms with Crippen molar-refractivity contribution in [3.8, 4) is 5.75 Å². The normalized spacial score (nSPS) is 11.3. The van der Waals surface area contributed by atoms with Gasteiger partial charge in [0.05, 0.1) is 16.3 Å². The molecular formula is C19H14I4O3. The summed E-state index contributed by atoms with van der Waals surface area (Å²) in [6, 6.07) is 7.54. The number of ketones is 1. The van der Waals surface area contributed by atoms with Gasteiger partial charge in [-0.2, -0.15) is 0 Å². The molecule has 0 fully saturated rings. The number of phenolic OH excluding ortho intramolecular Hbond substituents is 1. The number of hydrogen-bond acceptors (Lipinski definition) is 3. The molecule has 7 heteroatoms. The zero-order valence-corrected chi connectivity index (χ0v) is 22.3. The third kappa shape index (κ3) is 4.19. The first-order valence-corrected chi connectivity index (χ1v) is 12.3. The predicted molar refractivity (Wildman–Crippen MR) is 137 cm³/mol. The molecule has 3 aromatic rings. The van der Waals surface area contributed by atoms with Crippen molar-refractivity contribution in [2.45, 2.75) is 26.2 Å². The van der Waals surface area contributed by atoms with E-state index < -0.39 is 0 Å². The summed E-state index contributed by atoms with van der Waals surface area (Å²) in [5, 5.41) is 10.9. The van der Waals surface area contributed by atoms with E-state index in [0.717, 1.165) is 43.1 Å². The number of furan rings is 1. The Kier molecular flexibility index (Phi) is 7.14. The summed E-state index contributed by atoms with van der Waals surface area (Å²) in [6.45, 7) is 2.13. The molecule has 0 saturated carbocycles. The number of hydrogen-bond donors (Lipinski definition) is 1. The molecule has 0 unspecified atom stereocenters. The van der Waals surface area contributed by atoms with E-state index in [-0.39, 0.29) is 11.5 Å². The Labute approximate surface area is 206 Å². The lowest BCUT2D eigenvalue weighted by atomic mass is 9.98. The van der Waals surface area contributed by atoms with Crippen molar-refractivity contribution in [2.75, 3.05) is 0 Å². The third-order valence-corrected chi connectivity index (χ3v) is 7.11. The Bertz CT molecular complexity index is 985. The lowest BCUT2D eigenvalue weighted by Gasteiger charge is -2.07. The first kappa shape index (κ1) is 21.1. The van der Waals surface area contributed by atoms with Crippen LogP contribution in [0, 0.1) is 14.3 Å². The van der Waals surface area contributed by atoms with Gasteiger partial charge in [-0.3, -0.25) is 4.79 Å². The van der Waals surface area contributed by atoms with E-state index in [4.69, 9.17) is 4.42 Å². The molecule has 26 heavy (non-hydrogen) atoms. The molecule has 3 rings (SSSR count). The van der Waals surface area contributed by atoms with Crippen LogP contribution >= 0.6 is 90.4 Å². The van der Waals surface area contributed by atoms with Crippen molar-refractivity contribution in [1.29, 1.82) is 0 Å². The van der Waals surface area contributed by atoms with Crippen LogP contribution in [0.15, 0.2) is 28.7 Å². The number of aromatic hydroxyl groups is 1. The van der Waals surface area contributed by atoms with Gasteiger partial charge in [-0.25, -0.2) is 0 Å². The largest absolute Gasteiger partial charge is 0.506 e. The minimum absolute atomic E-state index is 0.0523. The quantitative estimate of drug-likeness (QED) is 0.221. The van der Waals surface area contributed by atoms with Gasteiger partial charge in [0.2, 0.25) is 0 Å². The molecule has 0 aliphatic carbocycles. The fourth-order valence-corrected chi connectivity index (χ4v) is 6.50. The van der Waals surface area contributed by atoms with Crippen molar-refractivity contribution in [2.24, 2.45) is 0 Å². The van der Waals surface area contributed by atoms with E-state index in [0.29, 0.717) is 18.3 Å². The molecule has 1 heterocycles. The molecule has 0 saturated heterocycles. The summed E-state index contributed by atoms with van der Waals surface area (Å²) in [4.78, 5) is 13.4. The minimum Gasteiger partial charge on any atom is -0.506 e. The number of unbranched alkanes of at least 4 members (excludes halogenated alkanes) is 1. The van der Waals surface area contributed by atoms with E-state index >= 15 is 0 Å². The zero-order valence-electron chi connectivity index (χ0n) is 13.7. The molecule has 0 bridgehead atoms. The molecule has 0 amide bonds. The Morgan fingerprint density at radius 3 is 2.31 bits per heavy atom. The van der Waals surface area contributed by atoms with Crippen molar-refractivity contribution in [1.82, 2.24) is 0 Å². The van der Waals surface area contributed by atoms with Gasteiger partial charge in [0.1, 0.15) is 17.1 Å². The van der Waals surface area contributed by atoms with Gasteiger partial charge in [-0.15, -0.1) is 0 Å². The number of carbonyl (C=O) groups excluding carboxylic acids is 1. The van der Waals surface area contributed by atoms with Crippen LogP contribution in [0.25, 0.3) is 11.0 Å². The van der Waals surface area contributed by atoms with Crippen molar-refractivity contribution in [3.63, 3.8) is 0 Å². The Morgan fingerprint density at radius 1 is 1.04 bits per heavy atom. The molecule has 0 aliphatic heterocycles. The SMILES string of the molecule is CCCCc1oc2c(I)cc(I)cc2c1C(=O)c1cc(I)c(O)c(I)c1. The first-order chi connectivity index (χ1) is 12.3. The van der Waals surface area contributed by atoms with Crippen LogP contribution in [0.5, 0.6) is 5.75 Å². The van der Waals surface area contributed by atoms with Crippen LogP contribution in [-0.4, -0.2) is 10.9 Å².